The number of ether oxygens (including phenoxy) is 1. The van der Waals surface area contributed by atoms with Gasteiger partial charge in [-0.2, -0.15) is 0 Å². The van der Waals surface area contributed by atoms with Crippen molar-refractivity contribution in [1.29, 1.82) is 0 Å². The van der Waals surface area contributed by atoms with Crippen molar-refractivity contribution in [2.24, 2.45) is 0 Å². The van der Waals surface area contributed by atoms with Crippen LogP contribution in [0.15, 0.2) is 48.5 Å². The van der Waals surface area contributed by atoms with Crippen molar-refractivity contribution in [1.82, 2.24) is 5.32 Å². The van der Waals surface area contributed by atoms with Gasteiger partial charge in [-0.05, 0) is 55.8 Å². The molecule has 1 N–H and O–H groups in total. The van der Waals surface area contributed by atoms with Crippen LogP contribution >= 0.6 is 11.6 Å². The second-order valence-electron chi connectivity index (χ2n) is 5.32. The summed E-state index contributed by atoms with van der Waals surface area (Å²) in [7, 11) is 1.59. The number of hydrogen-bond donors (Lipinski definition) is 1. The van der Waals surface area contributed by atoms with E-state index in [4.69, 9.17) is 16.3 Å². The Balaban J connectivity index is 2.17. The van der Waals surface area contributed by atoms with Gasteiger partial charge in [-0.1, -0.05) is 23.7 Å². The third-order valence-corrected chi connectivity index (χ3v) is 3.56. The Hall–Kier alpha value is -2.00. The van der Waals surface area contributed by atoms with Crippen LogP contribution in [0.2, 0.25) is 5.02 Å². The molecule has 110 valence electrons. The lowest BCUT2D eigenvalue weighted by Crippen LogP contribution is -2.40. The Morgan fingerprint density at radius 2 is 1.81 bits per heavy atom. The van der Waals surface area contributed by atoms with Crippen LogP contribution < -0.4 is 10.1 Å². The van der Waals surface area contributed by atoms with Crippen LogP contribution in [0, 0.1) is 0 Å². The topological polar surface area (TPSA) is 38.3 Å². The maximum Gasteiger partial charge on any atom is 0.251 e. The molecule has 0 unspecified atom stereocenters. The monoisotopic (exact) mass is 303 g/mol. The van der Waals surface area contributed by atoms with E-state index in [2.05, 4.69) is 5.32 Å². The number of hydrogen-bond acceptors (Lipinski definition) is 2. The van der Waals surface area contributed by atoms with Gasteiger partial charge >= 0.3 is 0 Å². The van der Waals surface area contributed by atoms with Gasteiger partial charge in [0.2, 0.25) is 0 Å². The third-order valence-electron chi connectivity index (χ3n) is 3.32. The predicted molar refractivity (Wildman–Crippen MR) is 84.9 cm³/mol. The summed E-state index contributed by atoms with van der Waals surface area (Å²) < 4.78 is 5.09. The van der Waals surface area contributed by atoms with E-state index in [1.165, 1.54) is 0 Å². The smallest absolute Gasteiger partial charge is 0.251 e. The summed E-state index contributed by atoms with van der Waals surface area (Å²) in [6, 6.07) is 14.5. The molecule has 0 aliphatic rings. The van der Waals surface area contributed by atoms with Gasteiger partial charge in [0.05, 0.1) is 12.6 Å². The molecule has 3 nitrogen and oxygen atoms in total. The molecule has 2 rings (SSSR count). The van der Waals surface area contributed by atoms with Gasteiger partial charge in [0, 0.05) is 10.6 Å². The molecule has 0 bridgehead atoms. The van der Waals surface area contributed by atoms with Crippen LogP contribution in [-0.4, -0.2) is 13.0 Å². The summed E-state index contributed by atoms with van der Waals surface area (Å²) in [6.07, 6.45) is 0. The third kappa shape index (κ3) is 3.76. The average molecular weight is 304 g/mol. The van der Waals surface area contributed by atoms with Crippen molar-refractivity contribution < 1.29 is 9.53 Å². The fraction of sp³-hybridized carbons (Fsp3) is 0.235. The summed E-state index contributed by atoms with van der Waals surface area (Å²) in [5.74, 6) is 0.586. The Morgan fingerprint density at radius 1 is 1.14 bits per heavy atom. The van der Waals surface area contributed by atoms with Crippen LogP contribution in [0.3, 0.4) is 0 Å². The molecule has 0 radical (unpaired) electrons. The van der Waals surface area contributed by atoms with E-state index in [1.807, 2.05) is 38.1 Å². The number of nitrogens with one attached hydrogen (secondary N) is 1. The molecule has 0 aromatic heterocycles. The zero-order valence-corrected chi connectivity index (χ0v) is 13.1. The first-order valence-electron chi connectivity index (χ1n) is 6.65. The largest absolute Gasteiger partial charge is 0.497 e. The lowest BCUT2D eigenvalue weighted by atomic mass is 9.94. The first-order valence-corrected chi connectivity index (χ1v) is 7.03. The first kappa shape index (κ1) is 15.4. The highest BCUT2D eigenvalue weighted by molar-refractivity contribution is 6.30. The molecular formula is C17H18ClNO2. The molecule has 2 aromatic carbocycles. The lowest BCUT2D eigenvalue weighted by Gasteiger charge is -2.27. The summed E-state index contributed by atoms with van der Waals surface area (Å²) in [5, 5.41) is 3.67. The van der Waals surface area contributed by atoms with E-state index in [-0.39, 0.29) is 5.91 Å². The minimum absolute atomic E-state index is 0.136. The van der Waals surface area contributed by atoms with E-state index in [9.17, 15) is 4.79 Å². The molecule has 0 heterocycles. The number of halogens is 1. The maximum atomic E-state index is 12.3. The average Bonchev–Trinajstić information content (AvgIpc) is 2.47. The normalized spacial score (nSPS) is 11.0. The van der Waals surface area contributed by atoms with E-state index in [0.717, 1.165) is 11.3 Å². The SMILES string of the molecule is COc1ccc(C(=O)NC(C)(C)c2cccc(Cl)c2)cc1. The zero-order valence-electron chi connectivity index (χ0n) is 12.3. The number of methoxy groups -OCH3 is 1. The van der Waals surface area contributed by atoms with Gasteiger partial charge in [0.1, 0.15) is 5.75 Å². The number of carbonyl (C=O) groups is 1. The summed E-state index contributed by atoms with van der Waals surface area (Å²) in [6.45, 7) is 3.89. The molecule has 0 saturated heterocycles. The number of amides is 1. The summed E-state index contributed by atoms with van der Waals surface area (Å²) >= 11 is 6.01. The zero-order chi connectivity index (χ0) is 15.5. The number of rotatable bonds is 4. The lowest BCUT2D eigenvalue weighted by molar-refractivity contribution is 0.0912. The quantitative estimate of drug-likeness (QED) is 0.926. The number of carbonyl (C=O) groups excluding carboxylic acids is 1. The van der Waals surface area contributed by atoms with Crippen molar-refractivity contribution in [3.8, 4) is 5.75 Å². The Labute approximate surface area is 129 Å². The molecule has 4 heteroatoms. The minimum atomic E-state index is -0.512. The van der Waals surface area contributed by atoms with Gasteiger partial charge in [-0.25, -0.2) is 0 Å². The Bertz CT molecular complexity index is 635. The van der Waals surface area contributed by atoms with E-state index in [0.29, 0.717) is 10.6 Å². The molecule has 0 saturated carbocycles. The highest BCUT2D eigenvalue weighted by Crippen LogP contribution is 2.23. The van der Waals surface area contributed by atoms with E-state index < -0.39 is 5.54 Å². The molecule has 0 atom stereocenters. The maximum absolute atomic E-state index is 12.3. The standard InChI is InChI=1S/C17H18ClNO2/c1-17(2,13-5-4-6-14(18)11-13)19-16(20)12-7-9-15(21-3)10-8-12/h4-11H,1-3H3,(H,19,20). The fourth-order valence-corrected chi connectivity index (χ4v) is 2.24. The van der Waals surface area contributed by atoms with Crippen LogP contribution in [-0.2, 0) is 5.54 Å². The molecule has 2 aromatic rings. The second kappa shape index (κ2) is 6.19. The molecule has 1 amide bonds. The first-order chi connectivity index (χ1) is 9.92. The van der Waals surface area contributed by atoms with Gasteiger partial charge in [-0.15, -0.1) is 0 Å². The van der Waals surface area contributed by atoms with Crippen LogP contribution in [0.25, 0.3) is 0 Å². The van der Waals surface area contributed by atoms with Crippen LogP contribution in [0.4, 0.5) is 0 Å². The molecular weight excluding hydrogens is 286 g/mol. The fourth-order valence-electron chi connectivity index (χ4n) is 2.05. The van der Waals surface area contributed by atoms with Crippen molar-refractivity contribution in [3.05, 3.63) is 64.7 Å². The highest BCUT2D eigenvalue weighted by Gasteiger charge is 2.23. The molecule has 21 heavy (non-hydrogen) atoms. The minimum Gasteiger partial charge on any atom is -0.497 e. The molecule has 0 aliphatic heterocycles. The van der Waals surface area contributed by atoms with Crippen molar-refractivity contribution >= 4 is 17.5 Å². The van der Waals surface area contributed by atoms with Crippen LogP contribution in [0.5, 0.6) is 5.75 Å². The van der Waals surface area contributed by atoms with Gasteiger partial charge < -0.3 is 10.1 Å². The van der Waals surface area contributed by atoms with Crippen molar-refractivity contribution in [2.75, 3.05) is 7.11 Å². The number of benzene rings is 2. The van der Waals surface area contributed by atoms with Gasteiger partial charge in [0.15, 0.2) is 0 Å². The van der Waals surface area contributed by atoms with Gasteiger partial charge in [-0.3, -0.25) is 4.79 Å². The molecule has 0 fully saturated rings. The molecule has 0 aliphatic carbocycles. The predicted octanol–water partition coefficient (Wildman–Crippen LogP) is 4.01. The van der Waals surface area contributed by atoms with E-state index in [1.54, 1.807) is 31.4 Å². The van der Waals surface area contributed by atoms with Crippen LogP contribution in [0.1, 0.15) is 29.8 Å². The highest BCUT2D eigenvalue weighted by atomic mass is 35.5. The molecule has 0 spiro atoms. The van der Waals surface area contributed by atoms with Crippen molar-refractivity contribution in [2.45, 2.75) is 19.4 Å². The van der Waals surface area contributed by atoms with Crippen molar-refractivity contribution in [3.63, 3.8) is 0 Å². The Morgan fingerprint density at radius 3 is 2.38 bits per heavy atom. The Kier molecular flexibility index (Phi) is 4.53. The summed E-state index contributed by atoms with van der Waals surface area (Å²) in [4.78, 5) is 12.3. The summed E-state index contributed by atoms with van der Waals surface area (Å²) in [5.41, 5.74) is 1.03. The second-order valence-corrected chi connectivity index (χ2v) is 5.75. The van der Waals surface area contributed by atoms with E-state index >= 15 is 0 Å². The van der Waals surface area contributed by atoms with Gasteiger partial charge in [0.25, 0.3) is 5.91 Å².